The summed E-state index contributed by atoms with van der Waals surface area (Å²) in [6.45, 7) is 0. The van der Waals surface area contributed by atoms with Gasteiger partial charge < -0.3 is 9.47 Å². The Morgan fingerprint density at radius 2 is 0.865 bits per heavy atom. The highest BCUT2D eigenvalue weighted by molar-refractivity contribution is 7.88. The predicted octanol–water partition coefficient (Wildman–Crippen LogP) is 6.28. The van der Waals surface area contributed by atoms with Crippen LogP contribution in [0.1, 0.15) is 0 Å². The molecule has 0 aromatic heterocycles. The quantitative estimate of drug-likeness (QED) is 0.190. The second-order valence-electron chi connectivity index (χ2n) is 8.04. The van der Waals surface area contributed by atoms with E-state index in [0.717, 1.165) is 10.6 Å². The summed E-state index contributed by atoms with van der Waals surface area (Å²) in [5.74, 6) is 2.47. The van der Waals surface area contributed by atoms with Gasteiger partial charge in [-0.05, 0) is 50.4 Å². The van der Waals surface area contributed by atoms with Gasteiger partial charge >= 0.3 is 0 Å². The van der Waals surface area contributed by atoms with E-state index in [2.05, 4.69) is 0 Å². The summed E-state index contributed by atoms with van der Waals surface area (Å²) in [5.41, 5.74) is 0. The van der Waals surface area contributed by atoms with Gasteiger partial charge in [-0.25, -0.2) is 0 Å². The van der Waals surface area contributed by atoms with Crippen LogP contribution in [0.4, 0.5) is 0 Å². The van der Waals surface area contributed by atoms with E-state index in [4.69, 9.17) is 9.47 Å². The second-order valence-corrected chi connectivity index (χ2v) is 11.6. The summed E-state index contributed by atoms with van der Waals surface area (Å²) in [7, 11) is -6.06. The van der Waals surface area contributed by atoms with Crippen LogP contribution in [0.25, 0.3) is 0 Å². The maximum Gasteiger partial charge on any atom is 0.295 e. The first-order valence-corrected chi connectivity index (χ1v) is 14.3. The Balaban J connectivity index is 1.73. The molecule has 0 aliphatic heterocycles. The van der Waals surface area contributed by atoms with Gasteiger partial charge in [0.05, 0.1) is 0 Å². The summed E-state index contributed by atoms with van der Waals surface area (Å²) in [5, 5.41) is 2.02. The third kappa shape index (κ3) is 5.73. The van der Waals surface area contributed by atoms with Crippen LogP contribution in [0, 0.1) is 0 Å². The van der Waals surface area contributed by atoms with Crippen LogP contribution in [0.2, 0.25) is 0 Å². The van der Waals surface area contributed by atoms with Crippen molar-refractivity contribution in [3.8, 4) is 23.0 Å². The van der Waals surface area contributed by atoms with Gasteiger partial charge in [-0.2, -0.15) is 8.42 Å². The lowest BCUT2D eigenvalue weighted by Crippen LogP contribution is -2.26. The SMILES string of the molecule is O=S(=O)(O)c1ccccc1P(c1ccccc1Oc1ccccc1)c1ccccc1Oc1ccccc1. The average Bonchev–Trinajstić information content (AvgIpc) is 2.92. The first-order valence-electron chi connectivity index (χ1n) is 11.5. The minimum atomic E-state index is -4.50. The zero-order valence-electron chi connectivity index (χ0n) is 19.6. The standard InChI is InChI=1S/C30H23O5PS/c31-37(32,33)30-22-12-11-21-29(30)36(27-19-9-7-17-25(27)34-23-13-3-1-4-14-23)28-20-10-8-18-26(28)35-24-15-5-2-6-16-24/h1-22H,(H,31,32,33). The molecule has 0 atom stereocenters. The molecule has 5 aromatic rings. The predicted molar refractivity (Wildman–Crippen MR) is 148 cm³/mol. The van der Waals surface area contributed by atoms with E-state index in [9.17, 15) is 13.0 Å². The number of hydrogen-bond acceptors (Lipinski definition) is 4. The molecule has 0 radical (unpaired) electrons. The van der Waals surface area contributed by atoms with Crippen LogP contribution in [0.5, 0.6) is 23.0 Å². The molecule has 5 rings (SSSR count). The zero-order chi connectivity index (χ0) is 25.7. The first kappa shape index (κ1) is 24.7. The number of para-hydroxylation sites is 4. The molecular weight excluding hydrogens is 503 g/mol. The minimum absolute atomic E-state index is 0.148. The third-order valence-electron chi connectivity index (χ3n) is 5.54. The van der Waals surface area contributed by atoms with Gasteiger partial charge in [0, 0.05) is 15.9 Å². The third-order valence-corrected chi connectivity index (χ3v) is 9.18. The van der Waals surface area contributed by atoms with Crippen LogP contribution in [0.15, 0.2) is 138 Å². The second kappa shape index (κ2) is 11.0. The Morgan fingerprint density at radius 1 is 0.486 bits per heavy atom. The molecule has 0 unspecified atom stereocenters. The molecule has 0 aliphatic rings. The molecule has 5 aromatic carbocycles. The lowest BCUT2D eigenvalue weighted by Gasteiger charge is -2.25. The Kier molecular flexibility index (Phi) is 7.33. The fourth-order valence-corrected chi connectivity index (χ4v) is 7.60. The molecule has 0 amide bonds. The van der Waals surface area contributed by atoms with E-state index >= 15 is 0 Å². The number of hydrogen-bond donors (Lipinski definition) is 1. The zero-order valence-corrected chi connectivity index (χ0v) is 21.3. The van der Waals surface area contributed by atoms with Crippen molar-refractivity contribution < 1.29 is 22.4 Å². The Morgan fingerprint density at radius 3 is 1.32 bits per heavy atom. The van der Waals surface area contributed by atoms with Crippen LogP contribution in [0.3, 0.4) is 0 Å². The lowest BCUT2D eigenvalue weighted by atomic mass is 10.3. The van der Waals surface area contributed by atoms with Gasteiger partial charge in [-0.3, -0.25) is 4.55 Å². The van der Waals surface area contributed by atoms with E-state index in [0.29, 0.717) is 28.3 Å². The van der Waals surface area contributed by atoms with Gasteiger partial charge in [0.1, 0.15) is 27.9 Å². The van der Waals surface area contributed by atoms with Gasteiger partial charge in [0.25, 0.3) is 10.1 Å². The fourth-order valence-electron chi connectivity index (χ4n) is 3.94. The first-order chi connectivity index (χ1) is 18.0. The van der Waals surface area contributed by atoms with Gasteiger partial charge in [0.2, 0.25) is 0 Å². The summed E-state index contributed by atoms with van der Waals surface area (Å²) in [6.07, 6.45) is 0. The molecule has 0 fully saturated rings. The summed E-state index contributed by atoms with van der Waals surface area (Å²) in [6, 6.07) is 40.4. The molecular formula is C30H23O5PS. The molecule has 0 saturated carbocycles. The van der Waals surface area contributed by atoms with Crippen molar-refractivity contribution in [3.63, 3.8) is 0 Å². The van der Waals surface area contributed by atoms with Gasteiger partial charge in [0.15, 0.2) is 0 Å². The van der Waals surface area contributed by atoms with Gasteiger partial charge in [-0.1, -0.05) is 91.0 Å². The molecule has 1 N–H and O–H groups in total. The highest BCUT2D eigenvalue weighted by Gasteiger charge is 2.29. The van der Waals surface area contributed by atoms with Crippen LogP contribution in [-0.2, 0) is 10.1 Å². The Labute approximate surface area is 217 Å². The van der Waals surface area contributed by atoms with Crippen molar-refractivity contribution in [2.24, 2.45) is 0 Å². The fraction of sp³-hybridized carbons (Fsp3) is 0. The van der Waals surface area contributed by atoms with Crippen LogP contribution >= 0.6 is 7.92 Å². The van der Waals surface area contributed by atoms with Crippen molar-refractivity contribution in [3.05, 3.63) is 133 Å². The maximum absolute atomic E-state index is 12.5. The van der Waals surface area contributed by atoms with E-state index in [1.54, 1.807) is 18.2 Å². The largest absolute Gasteiger partial charge is 0.457 e. The number of benzene rings is 5. The van der Waals surface area contributed by atoms with Crippen molar-refractivity contribution in [1.29, 1.82) is 0 Å². The van der Waals surface area contributed by atoms with Crippen molar-refractivity contribution in [1.82, 2.24) is 0 Å². The maximum atomic E-state index is 12.5. The molecule has 0 spiro atoms. The molecule has 0 heterocycles. The lowest BCUT2D eigenvalue weighted by molar-refractivity contribution is 0.483. The molecule has 0 bridgehead atoms. The molecule has 0 saturated heterocycles. The Bertz CT molecular complexity index is 1520. The number of rotatable bonds is 8. The molecule has 7 heteroatoms. The summed E-state index contributed by atoms with van der Waals surface area (Å²) >= 11 is 0. The van der Waals surface area contributed by atoms with E-state index in [1.807, 2.05) is 109 Å². The highest BCUT2D eigenvalue weighted by atomic mass is 32.2. The van der Waals surface area contributed by atoms with Crippen molar-refractivity contribution in [2.45, 2.75) is 4.90 Å². The average molecular weight is 527 g/mol. The highest BCUT2D eigenvalue weighted by Crippen LogP contribution is 2.42. The number of ether oxygens (including phenoxy) is 2. The van der Waals surface area contributed by atoms with E-state index in [1.165, 1.54) is 6.07 Å². The van der Waals surface area contributed by atoms with E-state index < -0.39 is 18.0 Å². The normalized spacial score (nSPS) is 11.3. The van der Waals surface area contributed by atoms with Crippen LogP contribution < -0.4 is 25.4 Å². The summed E-state index contributed by atoms with van der Waals surface area (Å²) < 4.78 is 47.7. The smallest absolute Gasteiger partial charge is 0.295 e. The van der Waals surface area contributed by atoms with Gasteiger partial charge in [-0.15, -0.1) is 0 Å². The molecule has 0 aliphatic carbocycles. The Hall–Kier alpha value is -3.96. The van der Waals surface area contributed by atoms with Crippen molar-refractivity contribution in [2.75, 3.05) is 0 Å². The minimum Gasteiger partial charge on any atom is -0.457 e. The molecule has 184 valence electrons. The van der Waals surface area contributed by atoms with Crippen LogP contribution in [-0.4, -0.2) is 13.0 Å². The summed E-state index contributed by atoms with van der Waals surface area (Å²) in [4.78, 5) is -0.148. The molecule has 37 heavy (non-hydrogen) atoms. The van der Waals surface area contributed by atoms with E-state index in [-0.39, 0.29) is 4.90 Å². The topological polar surface area (TPSA) is 72.8 Å². The monoisotopic (exact) mass is 526 g/mol. The molecule has 5 nitrogen and oxygen atoms in total. The van der Waals surface area contributed by atoms with Crippen molar-refractivity contribution >= 4 is 34.0 Å².